The van der Waals surface area contributed by atoms with E-state index in [0.717, 1.165) is 49.9 Å². The maximum absolute atomic E-state index is 6.31. The summed E-state index contributed by atoms with van der Waals surface area (Å²) in [6.07, 6.45) is 0. The average Bonchev–Trinajstić information content (AvgIpc) is 2.35. The van der Waals surface area contributed by atoms with E-state index in [-0.39, 0.29) is 0 Å². The Bertz CT molecular complexity index is 511. The molecule has 2 unspecified atom stereocenters. The first-order chi connectivity index (χ1) is 9.45. The number of rotatable bonds is 2. The summed E-state index contributed by atoms with van der Waals surface area (Å²) in [5.74, 6) is 0. The van der Waals surface area contributed by atoms with Gasteiger partial charge in [0.15, 0.2) is 0 Å². The predicted molar refractivity (Wildman–Crippen MR) is 82.5 cm³/mol. The van der Waals surface area contributed by atoms with Gasteiger partial charge in [0.2, 0.25) is 0 Å². The van der Waals surface area contributed by atoms with Crippen LogP contribution in [0.15, 0.2) is 12.1 Å². The normalized spacial score (nSPS) is 33.2. The summed E-state index contributed by atoms with van der Waals surface area (Å²) in [4.78, 5) is 4.80. The first-order valence-corrected chi connectivity index (χ1v) is 7.71. The molecular weight excluding hydrogens is 319 g/mol. The Kier molecular flexibility index (Phi) is 4.17. The molecule has 1 N–H and O–H groups in total. The minimum atomic E-state index is 0.510. The molecule has 4 nitrogen and oxygen atoms in total. The van der Waals surface area contributed by atoms with Crippen LogP contribution in [0.25, 0.3) is 0 Å². The van der Waals surface area contributed by atoms with E-state index in [0.29, 0.717) is 15.1 Å². The third-order valence-electron chi connectivity index (χ3n) is 3.80. The molecule has 2 bridgehead atoms. The Balaban J connectivity index is 1.81. The van der Waals surface area contributed by atoms with E-state index in [4.69, 9.17) is 34.8 Å². The van der Waals surface area contributed by atoms with E-state index >= 15 is 0 Å². The highest BCUT2D eigenvalue weighted by molar-refractivity contribution is 6.43. The van der Waals surface area contributed by atoms with Crippen LogP contribution in [0.3, 0.4) is 0 Å². The van der Waals surface area contributed by atoms with Crippen LogP contribution in [-0.4, -0.2) is 54.7 Å². The summed E-state index contributed by atoms with van der Waals surface area (Å²) in [6.45, 7) is 5.78. The highest BCUT2D eigenvalue weighted by Crippen LogP contribution is 2.31. The molecule has 1 aromatic carbocycles. The summed E-state index contributed by atoms with van der Waals surface area (Å²) >= 11 is 18.4. The molecule has 7 heteroatoms. The van der Waals surface area contributed by atoms with Crippen molar-refractivity contribution in [1.29, 1.82) is 0 Å². The molecule has 2 saturated heterocycles. The molecule has 0 amide bonds. The van der Waals surface area contributed by atoms with Gasteiger partial charge in [0, 0.05) is 5.56 Å². The standard InChI is InChI=1S/C13H18Cl3N4/c1-20(8-18-5-17-6-19(7-18)9-20)4-10-2-12(15)13(16)3-11(10)14/h2-3,17H,4-9H2,1H3/q+1. The van der Waals surface area contributed by atoms with Crippen molar-refractivity contribution in [2.45, 2.75) is 6.54 Å². The SMILES string of the molecule is C[N+]1(Cc2cc(Cl)c(Cl)cc2Cl)CN2CNCN(C2)C1. The molecule has 0 aromatic heterocycles. The van der Waals surface area contributed by atoms with E-state index < -0.39 is 0 Å². The van der Waals surface area contributed by atoms with E-state index in [1.807, 2.05) is 6.07 Å². The number of nitrogens with zero attached hydrogens (tertiary/aromatic N) is 3. The van der Waals surface area contributed by atoms with Crippen LogP contribution >= 0.6 is 34.8 Å². The van der Waals surface area contributed by atoms with Gasteiger partial charge < -0.3 is 0 Å². The van der Waals surface area contributed by atoms with Gasteiger partial charge >= 0.3 is 0 Å². The van der Waals surface area contributed by atoms with Gasteiger partial charge in [-0.25, -0.2) is 9.80 Å². The number of benzene rings is 1. The molecule has 20 heavy (non-hydrogen) atoms. The lowest BCUT2D eigenvalue weighted by Crippen LogP contribution is -2.68. The van der Waals surface area contributed by atoms with Gasteiger partial charge in [0.25, 0.3) is 0 Å². The zero-order chi connectivity index (χ0) is 14.3. The smallest absolute Gasteiger partial charge is 0.138 e. The number of nitrogens with one attached hydrogen (secondary N) is 1. The fourth-order valence-corrected chi connectivity index (χ4v) is 3.77. The van der Waals surface area contributed by atoms with Gasteiger partial charge in [-0.3, -0.25) is 9.80 Å². The lowest BCUT2D eigenvalue weighted by atomic mass is 10.2. The summed E-state index contributed by atoms with van der Waals surface area (Å²) in [5, 5.41) is 5.16. The number of hydrogen-bond acceptors (Lipinski definition) is 3. The molecule has 0 spiro atoms. The maximum Gasteiger partial charge on any atom is 0.138 e. The minimum Gasteiger partial charge on any atom is -0.297 e. The first-order valence-electron chi connectivity index (χ1n) is 6.58. The van der Waals surface area contributed by atoms with Crippen molar-refractivity contribution < 1.29 is 4.48 Å². The highest BCUT2D eigenvalue weighted by atomic mass is 35.5. The molecule has 2 heterocycles. The predicted octanol–water partition coefficient (Wildman–Crippen LogP) is 2.60. The lowest BCUT2D eigenvalue weighted by Gasteiger charge is -2.50. The molecule has 0 radical (unpaired) electrons. The number of halogens is 3. The van der Waals surface area contributed by atoms with Crippen LogP contribution in [0.2, 0.25) is 15.1 Å². The molecule has 1 aromatic rings. The second-order valence-corrected chi connectivity index (χ2v) is 7.19. The lowest BCUT2D eigenvalue weighted by molar-refractivity contribution is -0.950. The van der Waals surface area contributed by atoms with Gasteiger partial charge in [0.05, 0.1) is 42.1 Å². The zero-order valence-corrected chi connectivity index (χ0v) is 13.6. The number of quaternary nitrogens is 1. The van der Waals surface area contributed by atoms with Crippen molar-refractivity contribution in [3.8, 4) is 0 Å². The van der Waals surface area contributed by atoms with Crippen LogP contribution in [0.1, 0.15) is 5.56 Å². The molecule has 2 atom stereocenters. The van der Waals surface area contributed by atoms with Gasteiger partial charge in [-0.15, -0.1) is 0 Å². The van der Waals surface area contributed by atoms with Gasteiger partial charge in [-0.2, -0.15) is 0 Å². The van der Waals surface area contributed by atoms with Crippen LogP contribution < -0.4 is 5.32 Å². The van der Waals surface area contributed by atoms with Crippen LogP contribution in [-0.2, 0) is 6.54 Å². The second-order valence-electron chi connectivity index (χ2n) is 5.97. The molecule has 2 aliphatic rings. The average molecular weight is 337 g/mol. The highest BCUT2D eigenvalue weighted by Gasteiger charge is 2.36. The Hall–Kier alpha value is -0.0700. The third kappa shape index (κ3) is 3.07. The minimum absolute atomic E-state index is 0.510. The fourth-order valence-electron chi connectivity index (χ4n) is 3.15. The number of hydrogen-bond donors (Lipinski definition) is 1. The monoisotopic (exact) mass is 335 g/mol. The molecule has 0 saturated carbocycles. The fraction of sp³-hybridized carbons (Fsp3) is 0.538. The Morgan fingerprint density at radius 2 is 1.65 bits per heavy atom. The quantitative estimate of drug-likeness (QED) is 0.661. The van der Waals surface area contributed by atoms with Gasteiger partial charge in [-0.05, 0) is 12.1 Å². The molecule has 0 aliphatic carbocycles. The van der Waals surface area contributed by atoms with Gasteiger partial charge in [-0.1, -0.05) is 34.8 Å². The van der Waals surface area contributed by atoms with E-state index in [1.54, 1.807) is 6.07 Å². The van der Waals surface area contributed by atoms with Crippen molar-refractivity contribution in [3.63, 3.8) is 0 Å². The summed E-state index contributed by atoms with van der Waals surface area (Å²) in [5.41, 5.74) is 1.05. The van der Waals surface area contributed by atoms with Crippen LogP contribution in [0, 0.1) is 0 Å². The Labute approximate surface area is 134 Å². The molecule has 110 valence electrons. The summed E-state index contributed by atoms with van der Waals surface area (Å²) in [6, 6.07) is 3.63. The largest absolute Gasteiger partial charge is 0.297 e. The van der Waals surface area contributed by atoms with Crippen molar-refractivity contribution in [3.05, 3.63) is 32.8 Å². The first kappa shape index (κ1) is 14.9. The Morgan fingerprint density at radius 3 is 2.30 bits per heavy atom. The third-order valence-corrected chi connectivity index (χ3v) is 4.87. The van der Waals surface area contributed by atoms with E-state index in [1.165, 1.54) is 0 Å². The maximum atomic E-state index is 6.31. The zero-order valence-electron chi connectivity index (χ0n) is 11.4. The van der Waals surface area contributed by atoms with Crippen LogP contribution in [0.5, 0.6) is 0 Å². The summed E-state index contributed by atoms with van der Waals surface area (Å²) in [7, 11) is 2.25. The second kappa shape index (κ2) is 5.61. The van der Waals surface area contributed by atoms with Gasteiger partial charge in [0.1, 0.15) is 19.9 Å². The molecule has 3 rings (SSSR count). The van der Waals surface area contributed by atoms with E-state index in [9.17, 15) is 0 Å². The van der Waals surface area contributed by atoms with Crippen LogP contribution in [0.4, 0.5) is 0 Å². The molecule has 2 fully saturated rings. The van der Waals surface area contributed by atoms with Crippen molar-refractivity contribution >= 4 is 34.8 Å². The molecular formula is C13H18Cl3N4+. The number of fused-ring (bicyclic) bond motifs is 2. The molecule has 2 aliphatic heterocycles. The Morgan fingerprint density at radius 1 is 1.05 bits per heavy atom. The summed E-state index contributed by atoms with van der Waals surface area (Å²) < 4.78 is 0.902. The van der Waals surface area contributed by atoms with E-state index in [2.05, 4.69) is 22.2 Å². The van der Waals surface area contributed by atoms with Crippen molar-refractivity contribution in [2.75, 3.05) is 40.4 Å². The topological polar surface area (TPSA) is 18.5 Å². The van der Waals surface area contributed by atoms with Crippen molar-refractivity contribution in [2.24, 2.45) is 0 Å². The van der Waals surface area contributed by atoms with Crippen molar-refractivity contribution in [1.82, 2.24) is 15.1 Å².